The van der Waals surface area contributed by atoms with Gasteiger partial charge in [-0.2, -0.15) is 0 Å². The molecule has 138 valence electrons. The van der Waals surface area contributed by atoms with Crippen LogP contribution in [0.1, 0.15) is 18.1 Å². The summed E-state index contributed by atoms with van der Waals surface area (Å²) < 4.78 is 10.6. The van der Waals surface area contributed by atoms with E-state index in [9.17, 15) is 4.79 Å². The Kier molecular flexibility index (Phi) is 3.56. The second-order valence-corrected chi connectivity index (χ2v) is 7.21. The van der Waals surface area contributed by atoms with Gasteiger partial charge in [-0.05, 0) is 53.6 Å². The number of hydrogen-bond donors (Lipinski definition) is 0. The van der Waals surface area contributed by atoms with Crippen molar-refractivity contribution in [3.8, 4) is 5.75 Å². The first kappa shape index (κ1) is 16.6. The van der Waals surface area contributed by atoms with E-state index in [0.29, 0.717) is 5.57 Å². The number of carbonyl (C=O) groups excluding carboxylic acids is 1. The van der Waals surface area contributed by atoms with Crippen LogP contribution in [0.4, 0.5) is 0 Å². The van der Waals surface area contributed by atoms with Crippen molar-refractivity contribution in [2.45, 2.75) is 12.5 Å². The van der Waals surface area contributed by atoms with Crippen LogP contribution in [0, 0.1) is 0 Å². The number of allylic oxidation sites excluding steroid dienone is 2. The second-order valence-electron chi connectivity index (χ2n) is 7.21. The number of furan rings is 1. The molecule has 5 rings (SSSR count). The molecule has 1 aromatic heterocycles. The number of fused-ring (bicyclic) bond motifs is 2. The normalized spacial score (nSPS) is 20.9. The fourth-order valence-electron chi connectivity index (χ4n) is 4.04. The average molecular weight is 369 g/mol. The number of benzene rings is 2. The zero-order valence-electron chi connectivity index (χ0n) is 15.7. The molecule has 0 aliphatic carbocycles. The van der Waals surface area contributed by atoms with Crippen LogP contribution in [0.15, 0.2) is 83.8 Å². The Hall–Kier alpha value is -3.53. The van der Waals surface area contributed by atoms with Gasteiger partial charge in [-0.25, -0.2) is 0 Å². The van der Waals surface area contributed by atoms with Crippen LogP contribution in [-0.2, 0) is 4.79 Å². The molecule has 0 amide bonds. The lowest BCUT2D eigenvalue weighted by molar-refractivity contribution is -0.118. The summed E-state index contributed by atoms with van der Waals surface area (Å²) in [6, 6.07) is 14.1. The molecule has 4 nitrogen and oxygen atoms in total. The van der Waals surface area contributed by atoms with E-state index >= 15 is 0 Å². The topological polar surface area (TPSA) is 42.7 Å². The first-order valence-corrected chi connectivity index (χ1v) is 9.17. The molecule has 2 aromatic carbocycles. The average Bonchev–Trinajstić information content (AvgIpc) is 3.32. The first-order chi connectivity index (χ1) is 13.6. The molecule has 3 aromatic rings. The van der Waals surface area contributed by atoms with Crippen LogP contribution >= 0.6 is 0 Å². The van der Waals surface area contributed by atoms with Gasteiger partial charge < -0.3 is 14.1 Å². The van der Waals surface area contributed by atoms with Crippen LogP contribution in [-0.4, -0.2) is 23.3 Å². The third-order valence-electron chi connectivity index (χ3n) is 5.56. The Morgan fingerprint density at radius 1 is 1.00 bits per heavy atom. The maximum absolute atomic E-state index is 13.4. The SMILES string of the molecule is COc1ccc2cc(C3=C(c4ccoc4)C(=O)C4(C)C=CC=CN34)ccc2c1. The van der Waals surface area contributed by atoms with Gasteiger partial charge in [0.25, 0.3) is 0 Å². The quantitative estimate of drug-likeness (QED) is 0.649. The zero-order chi connectivity index (χ0) is 19.3. The van der Waals surface area contributed by atoms with E-state index in [1.807, 2.05) is 55.6 Å². The lowest BCUT2D eigenvalue weighted by Crippen LogP contribution is -2.43. The van der Waals surface area contributed by atoms with Crippen molar-refractivity contribution in [2.75, 3.05) is 7.11 Å². The van der Waals surface area contributed by atoms with Crippen molar-refractivity contribution in [1.29, 1.82) is 0 Å². The number of ketones is 1. The Balaban J connectivity index is 1.75. The van der Waals surface area contributed by atoms with Crippen molar-refractivity contribution in [3.05, 3.63) is 90.5 Å². The molecule has 2 aliphatic rings. The Labute approximate surface area is 163 Å². The maximum Gasteiger partial charge on any atom is 0.195 e. The molecule has 3 heterocycles. The number of Topliss-reactive ketones (excluding diaryl/α,β-unsaturated/α-hetero) is 1. The highest BCUT2D eigenvalue weighted by Crippen LogP contribution is 2.46. The van der Waals surface area contributed by atoms with Crippen LogP contribution in [0.5, 0.6) is 5.75 Å². The summed E-state index contributed by atoms with van der Waals surface area (Å²) in [4.78, 5) is 15.5. The summed E-state index contributed by atoms with van der Waals surface area (Å²) in [7, 11) is 1.67. The smallest absolute Gasteiger partial charge is 0.195 e. The summed E-state index contributed by atoms with van der Waals surface area (Å²) >= 11 is 0. The van der Waals surface area contributed by atoms with Crippen molar-refractivity contribution >= 4 is 27.8 Å². The lowest BCUT2D eigenvalue weighted by Gasteiger charge is -2.34. The summed E-state index contributed by atoms with van der Waals surface area (Å²) in [6.45, 7) is 1.95. The van der Waals surface area contributed by atoms with Gasteiger partial charge in [-0.15, -0.1) is 0 Å². The summed E-state index contributed by atoms with van der Waals surface area (Å²) in [5, 5.41) is 2.18. The molecule has 1 atom stereocenters. The highest BCUT2D eigenvalue weighted by molar-refractivity contribution is 6.35. The third kappa shape index (κ3) is 2.28. The van der Waals surface area contributed by atoms with E-state index < -0.39 is 5.54 Å². The molecule has 0 bridgehead atoms. The highest BCUT2D eigenvalue weighted by Gasteiger charge is 2.48. The number of nitrogens with zero attached hydrogens (tertiary/aromatic N) is 1. The van der Waals surface area contributed by atoms with E-state index in [-0.39, 0.29) is 5.78 Å². The monoisotopic (exact) mass is 369 g/mol. The number of hydrogen-bond acceptors (Lipinski definition) is 4. The maximum atomic E-state index is 13.4. The lowest BCUT2D eigenvalue weighted by atomic mass is 9.90. The van der Waals surface area contributed by atoms with E-state index in [2.05, 4.69) is 23.1 Å². The molecule has 28 heavy (non-hydrogen) atoms. The van der Waals surface area contributed by atoms with Gasteiger partial charge in [0.05, 0.1) is 30.9 Å². The van der Waals surface area contributed by atoms with E-state index in [1.165, 1.54) is 0 Å². The van der Waals surface area contributed by atoms with E-state index in [1.54, 1.807) is 19.6 Å². The first-order valence-electron chi connectivity index (χ1n) is 9.17. The molecule has 1 unspecified atom stereocenters. The number of rotatable bonds is 3. The van der Waals surface area contributed by atoms with Crippen molar-refractivity contribution in [1.82, 2.24) is 4.90 Å². The molecule has 0 saturated carbocycles. The van der Waals surface area contributed by atoms with Gasteiger partial charge in [0.15, 0.2) is 5.78 Å². The minimum absolute atomic E-state index is 0.0688. The predicted molar refractivity (Wildman–Crippen MR) is 110 cm³/mol. The molecule has 2 aliphatic heterocycles. The Morgan fingerprint density at radius 2 is 1.82 bits per heavy atom. The fourth-order valence-corrected chi connectivity index (χ4v) is 4.04. The molecule has 0 saturated heterocycles. The summed E-state index contributed by atoms with van der Waals surface area (Å²) in [5.41, 5.74) is 2.64. The van der Waals surface area contributed by atoms with Gasteiger partial charge in [0.1, 0.15) is 11.3 Å². The fraction of sp³-hybridized carbons (Fsp3) is 0.125. The minimum atomic E-state index is -0.731. The largest absolute Gasteiger partial charge is 0.497 e. The molecule has 0 radical (unpaired) electrons. The molecule has 0 spiro atoms. The number of ether oxygens (including phenoxy) is 1. The van der Waals surface area contributed by atoms with Crippen molar-refractivity contribution in [2.24, 2.45) is 0 Å². The van der Waals surface area contributed by atoms with Gasteiger partial charge >= 0.3 is 0 Å². The second kappa shape index (κ2) is 5.99. The van der Waals surface area contributed by atoms with Gasteiger partial charge in [-0.3, -0.25) is 4.79 Å². The van der Waals surface area contributed by atoms with Gasteiger partial charge in [-0.1, -0.05) is 30.4 Å². The number of carbonyl (C=O) groups is 1. The van der Waals surface area contributed by atoms with Crippen LogP contribution < -0.4 is 4.74 Å². The molecular formula is C24H19NO3. The number of methoxy groups -OCH3 is 1. The third-order valence-corrected chi connectivity index (χ3v) is 5.56. The zero-order valence-corrected chi connectivity index (χ0v) is 15.7. The van der Waals surface area contributed by atoms with Crippen LogP contribution in [0.3, 0.4) is 0 Å². The van der Waals surface area contributed by atoms with Crippen molar-refractivity contribution < 1.29 is 13.9 Å². The van der Waals surface area contributed by atoms with Crippen LogP contribution in [0.2, 0.25) is 0 Å². The van der Waals surface area contributed by atoms with Crippen LogP contribution in [0.25, 0.3) is 22.0 Å². The Bertz CT molecular complexity index is 1180. The van der Waals surface area contributed by atoms with Crippen molar-refractivity contribution in [3.63, 3.8) is 0 Å². The predicted octanol–water partition coefficient (Wildman–Crippen LogP) is 5.04. The van der Waals surface area contributed by atoms with Gasteiger partial charge in [0.2, 0.25) is 0 Å². The molecule has 0 fully saturated rings. The summed E-state index contributed by atoms with van der Waals surface area (Å²) in [5.74, 6) is 0.894. The van der Waals surface area contributed by atoms with E-state index in [4.69, 9.17) is 9.15 Å². The molecular weight excluding hydrogens is 350 g/mol. The standard InChI is InChI=1S/C24H19NO3/c1-24-10-3-4-11-25(24)22(21(23(24)26)19-9-12-28-15-19)18-6-5-17-14-20(27-2)8-7-16(17)13-18/h3-15H,1-2H3. The Morgan fingerprint density at radius 3 is 2.61 bits per heavy atom. The minimum Gasteiger partial charge on any atom is -0.497 e. The van der Waals surface area contributed by atoms with Gasteiger partial charge in [0, 0.05) is 11.8 Å². The molecule has 0 N–H and O–H groups in total. The highest BCUT2D eigenvalue weighted by atomic mass is 16.5. The summed E-state index contributed by atoms with van der Waals surface area (Å²) in [6.07, 6.45) is 11.0. The molecule has 4 heteroatoms. The van der Waals surface area contributed by atoms with E-state index in [0.717, 1.165) is 33.3 Å².